The zero-order chi connectivity index (χ0) is 17.9. The molecule has 25 heavy (non-hydrogen) atoms. The van der Waals surface area contributed by atoms with E-state index in [1.807, 2.05) is 17.8 Å². The number of nitrogens with one attached hydrogen (secondary N) is 1. The number of hydrogen-bond donors (Lipinski definition) is 1. The summed E-state index contributed by atoms with van der Waals surface area (Å²) in [7, 11) is 1.88. The maximum Gasteiger partial charge on any atom is 0.419 e. The monoisotopic (exact) mass is 355 g/mol. The molecule has 1 N–H and O–H groups in total. The van der Waals surface area contributed by atoms with Gasteiger partial charge < -0.3 is 10.1 Å². The molecule has 2 aromatic rings. The third-order valence-electron chi connectivity index (χ3n) is 4.32. The molecule has 2 atom stereocenters. The molecule has 2 aromatic heterocycles. The first-order valence-corrected chi connectivity index (χ1v) is 8.13. The number of rotatable bonds is 5. The zero-order valence-electron chi connectivity index (χ0n) is 13.8. The summed E-state index contributed by atoms with van der Waals surface area (Å²) >= 11 is 0. The number of nitrogens with zero attached hydrogens (tertiary/aromatic N) is 4. The van der Waals surface area contributed by atoms with Crippen LogP contribution in [0.4, 0.5) is 13.2 Å². The van der Waals surface area contributed by atoms with Gasteiger partial charge in [-0.25, -0.2) is 9.97 Å². The van der Waals surface area contributed by atoms with Crippen LogP contribution in [0.3, 0.4) is 0 Å². The number of aromatic nitrogens is 4. The largest absolute Gasteiger partial charge is 0.419 e. The number of hydrogen-bond acceptors (Lipinski definition) is 5. The SMILES string of the molecule is Cn1nccc1[C@@H]1OCCC[C@H]1CNCc1ncc(C(F)(F)F)cn1. The van der Waals surface area contributed by atoms with E-state index in [4.69, 9.17) is 4.74 Å². The molecule has 0 unspecified atom stereocenters. The topological polar surface area (TPSA) is 64.9 Å². The molecule has 1 aliphatic heterocycles. The van der Waals surface area contributed by atoms with E-state index in [1.54, 1.807) is 6.20 Å². The van der Waals surface area contributed by atoms with Gasteiger partial charge in [0.1, 0.15) is 11.9 Å². The summed E-state index contributed by atoms with van der Waals surface area (Å²) in [6.07, 6.45) is 0.907. The molecule has 0 saturated carbocycles. The van der Waals surface area contributed by atoms with Gasteiger partial charge >= 0.3 is 6.18 Å². The molecule has 0 aromatic carbocycles. The van der Waals surface area contributed by atoms with E-state index in [2.05, 4.69) is 20.4 Å². The van der Waals surface area contributed by atoms with Crippen LogP contribution >= 0.6 is 0 Å². The van der Waals surface area contributed by atoms with Gasteiger partial charge in [0.2, 0.25) is 0 Å². The van der Waals surface area contributed by atoms with Crippen LogP contribution in [-0.4, -0.2) is 32.9 Å². The smallest absolute Gasteiger partial charge is 0.372 e. The van der Waals surface area contributed by atoms with E-state index in [-0.39, 0.29) is 12.0 Å². The minimum Gasteiger partial charge on any atom is -0.372 e. The summed E-state index contributed by atoms with van der Waals surface area (Å²) in [5.41, 5.74) is 0.186. The Hall–Kier alpha value is -2.00. The predicted octanol–water partition coefficient (Wildman–Crippen LogP) is 2.49. The van der Waals surface area contributed by atoms with E-state index < -0.39 is 11.7 Å². The lowest BCUT2D eigenvalue weighted by Gasteiger charge is -2.32. The molecule has 6 nitrogen and oxygen atoms in total. The van der Waals surface area contributed by atoms with E-state index in [0.717, 1.165) is 30.9 Å². The Labute approximate surface area is 143 Å². The molecule has 0 amide bonds. The normalized spacial score (nSPS) is 21.4. The Morgan fingerprint density at radius 2 is 2.08 bits per heavy atom. The van der Waals surface area contributed by atoms with Crippen molar-refractivity contribution in [3.05, 3.63) is 41.7 Å². The maximum absolute atomic E-state index is 12.5. The van der Waals surface area contributed by atoms with Gasteiger partial charge in [-0.2, -0.15) is 18.3 Å². The van der Waals surface area contributed by atoms with Gasteiger partial charge in [-0.3, -0.25) is 4.68 Å². The van der Waals surface area contributed by atoms with Crippen molar-refractivity contribution in [2.45, 2.75) is 31.7 Å². The summed E-state index contributed by atoms with van der Waals surface area (Å²) in [4.78, 5) is 7.54. The average Bonchev–Trinajstić information content (AvgIpc) is 3.01. The molecule has 0 radical (unpaired) electrons. The highest BCUT2D eigenvalue weighted by molar-refractivity contribution is 5.09. The molecule has 1 saturated heterocycles. The second kappa shape index (κ2) is 7.49. The second-order valence-electron chi connectivity index (χ2n) is 6.09. The molecule has 3 heterocycles. The van der Waals surface area contributed by atoms with Crippen molar-refractivity contribution in [3.8, 4) is 0 Å². The summed E-state index contributed by atoms with van der Waals surface area (Å²) < 4.78 is 45.2. The van der Waals surface area contributed by atoms with Gasteiger partial charge in [-0.15, -0.1) is 0 Å². The first-order chi connectivity index (χ1) is 11.9. The van der Waals surface area contributed by atoms with Crippen molar-refractivity contribution in [3.63, 3.8) is 0 Å². The summed E-state index contributed by atoms with van der Waals surface area (Å²) in [5, 5.41) is 7.41. The summed E-state index contributed by atoms with van der Waals surface area (Å²) in [6.45, 7) is 1.70. The summed E-state index contributed by atoms with van der Waals surface area (Å²) in [5.74, 6) is 0.598. The quantitative estimate of drug-likeness (QED) is 0.893. The Balaban J connectivity index is 1.56. The molecule has 1 aliphatic rings. The van der Waals surface area contributed by atoms with Crippen molar-refractivity contribution in [2.24, 2.45) is 13.0 Å². The van der Waals surface area contributed by atoms with Crippen LogP contribution in [0.2, 0.25) is 0 Å². The summed E-state index contributed by atoms with van der Waals surface area (Å²) in [6, 6.07) is 1.95. The molecule has 0 bridgehead atoms. The Morgan fingerprint density at radius 3 is 2.72 bits per heavy atom. The highest BCUT2D eigenvalue weighted by atomic mass is 19.4. The first-order valence-electron chi connectivity index (χ1n) is 8.13. The van der Waals surface area contributed by atoms with Gasteiger partial charge in [0.15, 0.2) is 0 Å². The minimum atomic E-state index is -4.41. The number of halogens is 3. The molecule has 3 rings (SSSR count). The number of alkyl halides is 3. The lowest BCUT2D eigenvalue weighted by molar-refractivity contribution is -0.138. The first kappa shape index (κ1) is 17.8. The maximum atomic E-state index is 12.5. The van der Waals surface area contributed by atoms with Crippen LogP contribution < -0.4 is 5.32 Å². The van der Waals surface area contributed by atoms with Gasteiger partial charge in [0.05, 0.1) is 17.8 Å². The zero-order valence-corrected chi connectivity index (χ0v) is 13.8. The van der Waals surface area contributed by atoms with E-state index in [1.165, 1.54) is 0 Å². The highest BCUT2D eigenvalue weighted by Crippen LogP contribution is 2.33. The van der Waals surface area contributed by atoms with E-state index >= 15 is 0 Å². The fraction of sp³-hybridized carbons (Fsp3) is 0.562. The van der Waals surface area contributed by atoms with Crippen LogP contribution in [0, 0.1) is 5.92 Å². The van der Waals surface area contributed by atoms with Crippen LogP contribution in [0.5, 0.6) is 0 Å². The number of ether oxygens (including phenoxy) is 1. The predicted molar refractivity (Wildman–Crippen MR) is 83.4 cm³/mol. The molecule has 0 aliphatic carbocycles. The fourth-order valence-corrected chi connectivity index (χ4v) is 3.00. The van der Waals surface area contributed by atoms with Crippen molar-refractivity contribution >= 4 is 0 Å². The number of aryl methyl sites for hydroxylation is 1. The molecule has 9 heteroatoms. The molecule has 0 spiro atoms. The second-order valence-corrected chi connectivity index (χ2v) is 6.09. The lowest BCUT2D eigenvalue weighted by Crippen LogP contribution is -2.33. The standard InChI is InChI=1S/C16H20F3N5O/c1-24-13(4-5-23-24)15-11(3-2-6-25-15)7-20-10-14-21-8-12(9-22-14)16(17,18)19/h4-5,8-9,11,15,20H,2-3,6-7,10H2,1H3/t11-,15+/m0/s1. The van der Waals surface area contributed by atoms with Crippen LogP contribution in [0.1, 0.15) is 36.0 Å². The lowest BCUT2D eigenvalue weighted by atomic mass is 9.92. The Kier molecular flexibility index (Phi) is 5.33. The van der Waals surface area contributed by atoms with Crippen LogP contribution in [-0.2, 0) is 24.5 Å². The third kappa shape index (κ3) is 4.35. The van der Waals surface area contributed by atoms with Crippen LogP contribution in [0.15, 0.2) is 24.7 Å². The van der Waals surface area contributed by atoms with Crippen molar-refractivity contribution < 1.29 is 17.9 Å². The van der Waals surface area contributed by atoms with E-state index in [9.17, 15) is 13.2 Å². The van der Waals surface area contributed by atoms with Gasteiger partial charge in [0, 0.05) is 44.7 Å². The van der Waals surface area contributed by atoms with Crippen LogP contribution in [0.25, 0.3) is 0 Å². The average molecular weight is 355 g/mol. The van der Waals surface area contributed by atoms with Crippen molar-refractivity contribution in [1.82, 2.24) is 25.1 Å². The molecular weight excluding hydrogens is 335 g/mol. The minimum absolute atomic E-state index is 0.0396. The molecular formula is C16H20F3N5O. The molecule has 1 fully saturated rings. The Morgan fingerprint density at radius 1 is 1.32 bits per heavy atom. The molecule has 136 valence electrons. The highest BCUT2D eigenvalue weighted by Gasteiger charge is 2.31. The van der Waals surface area contributed by atoms with Gasteiger partial charge in [-0.1, -0.05) is 0 Å². The van der Waals surface area contributed by atoms with Crippen molar-refractivity contribution in [2.75, 3.05) is 13.2 Å². The van der Waals surface area contributed by atoms with Gasteiger partial charge in [-0.05, 0) is 18.9 Å². The Bertz CT molecular complexity index is 686. The van der Waals surface area contributed by atoms with Crippen molar-refractivity contribution in [1.29, 1.82) is 0 Å². The van der Waals surface area contributed by atoms with Gasteiger partial charge in [0.25, 0.3) is 0 Å². The fourth-order valence-electron chi connectivity index (χ4n) is 3.00. The van der Waals surface area contributed by atoms with E-state index in [0.29, 0.717) is 25.5 Å². The third-order valence-corrected chi connectivity index (χ3v) is 4.32.